The van der Waals surface area contributed by atoms with Crippen molar-refractivity contribution in [1.29, 1.82) is 0 Å². The molecule has 1 aliphatic carbocycles. The van der Waals surface area contributed by atoms with Gasteiger partial charge in [0.15, 0.2) is 5.65 Å². The smallest absolute Gasteiger partial charge is 0.160 e. The second-order valence-corrected chi connectivity index (χ2v) is 6.08. The van der Waals surface area contributed by atoms with Gasteiger partial charge in [-0.2, -0.15) is 0 Å². The second kappa shape index (κ2) is 5.12. The average Bonchev–Trinajstić information content (AvgIpc) is 2.93. The maximum absolute atomic E-state index is 5.93. The first-order chi connectivity index (χ1) is 9.19. The Kier molecular flexibility index (Phi) is 3.48. The van der Waals surface area contributed by atoms with Crippen LogP contribution in [0.5, 0.6) is 0 Å². The van der Waals surface area contributed by atoms with E-state index in [4.69, 9.17) is 21.6 Å². The number of pyridine rings is 1. The lowest BCUT2D eigenvalue weighted by molar-refractivity contribution is 0.487. The molecule has 0 radical (unpaired) electrons. The van der Waals surface area contributed by atoms with Crippen LogP contribution >= 0.6 is 11.6 Å². The summed E-state index contributed by atoms with van der Waals surface area (Å²) in [5.74, 6) is 2.52. The minimum Gasteiger partial charge on any atom is -0.310 e. The Labute approximate surface area is 119 Å². The van der Waals surface area contributed by atoms with Crippen LogP contribution in [0.15, 0.2) is 12.1 Å². The van der Waals surface area contributed by atoms with E-state index in [1.807, 2.05) is 13.0 Å². The maximum atomic E-state index is 5.93. The fraction of sp³-hybridized carbons (Fsp3) is 0.600. The van der Waals surface area contributed by atoms with Crippen LogP contribution in [0, 0.1) is 12.8 Å². The molecule has 1 saturated carbocycles. The Hall–Kier alpha value is -1.09. The summed E-state index contributed by atoms with van der Waals surface area (Å²) in [5.41, 5.74) is 3.10. The van der Waals surface area contributed by atoms with Gasteiger partial charge in [0.05, 0.1) is 0 Å². The molecule has 0 saturated heterocycles. The van der Waals surface area contributed by atoms with Gasteiger partial charge in [-0.1, -0.05) is 6.92 Å². The van der Waals surface area contributed by atoms with Crippen LogP contribution in [0.3, 0.4) is 0 Å². The Balaban J connectivity index is 2.12. The third-order valence-electron chi connectivity index (χ3n) is 4.10. The minimum absolute atomic E-state index is 0.549. The van der Waals surface area contributed by atoms with Crippen molar-refractivity contribution in [3.63, 3.8) is 0 Å². The molecule has 1 fully saturated rings. The highest BCUT2D eigenvalue weighted by molar-refractivity contribution is 6.17. The van der Waals surface area contributed by atoms with Crippen molar-refractivity contribution in [1.82, 2.24) is 14.5 Å². The van der Waals surface area contributed by atoms with Gasteiger partial charge >= 0.3 is 0 Å². The predicted molar refractivity (Wildman–Crippen MR) is 78.7 cm³/mol. The molecule has 2 aromatic heterocycles. The van der Waals surface area contributed by atoms with Crippen LogP contribution in [0.4, 0.5) is 0 Å². The number of hydrogen-bond donors (Lipinski definition) is 0. The first-order valence-corrected chi connectivity index (χ1v) is 7.63. The molecule has 0 spiro atoms. The van der Waals surface area contributed by atoms with Crippen molar-refractivity contribution in [3.8, 4) is 0 Å². The van der Waals surface area contributed by atoms with Gasteiger partial charge < -0.3 is 4.57 Å². The average molecular weight is 278 g/mol. The lowest BCUT2D eigenvalue weighted by Gasteiger charge is -2.16. The Morgan fingerprint density at radius 1 is 1.32 bits per heavy atom. The molecule has 0 N–H and O–H groups in total. The van der Waals surface area contributed by atoms with Gasteiger partial charge in [-0.3, -0.25) is 0 Å². The second-order valence-electron chi connectivity index (χ2n) is 5.70. The molecule has 102 valence electrons. The highest BCUT2D eigenvalue weighted by Gasteiger charge is 2.26. The Bertz CT molecular complexity index is 590. The molecule has 2 unspecified atom stereocenters. The molecular formula is C15H20ClN3. The van der Waals surface area contributed by atoms with Gasteiger partial charge in [0, 0.05) is 24.0 Å². The first-order valence-electron chi connectivity index (χ1n) is 7.09. The first kappa shape index (κ1) is 12.9. The van der Waals surface area contributed by atoms with E-state index in [0.29, 0.717) is 11.9 Å². The van der Waals surface area contributed by atoms with Crippen molar-refractivity contribution in [2.75, 3.05) is 5.88 Å². The van der Waals surface area contributed by atoms with Crippen molar-refractivity contribution >= 4 is 22.8 Å². The number of fused-ring (bicyclic) bond motifs is 1. The van der Waals surface area contributed by atoms with E-state index < -0.39 is 0 Å². The van der Waals surface area contributed by atoms with Crippen LogP contribution in [-0.4, -0.2) is 20.4 Å². The highest BCUT2D eigenvalue weighted by Crippen LogP contribution is 2.36. The molecule has 3 nitrogen and oxygen atoms in total. The molecule has 2 aromatic rings. The van der Waals surface area contributed by atoms with Gasteiger partial charge in [0.2, 0.25) is 0 Å². The third-order valence-corrected chi connectivity index (χ3v) is 4.29. The van der Waals surface area contributed by atoms with Gasteiger partial charge in [-0.15, -0.1) is 11.6 Å². The minimum atomic E-state index is 0.549. The predicted octanol–water partition coefficient (Wildman–Crippen LogP) is 3.88. The number of aromatic nitrogens is 3. The van der Waals surface area contributed by atoms with E-state index >= 15 is 0 Å². The monoisotopic (exact) mass is 277 g/mol. The molecule has 0 amide bonds. The normalized spacial score (nSPS) is 23.3. The number of imidazole rings is 1. The van der Waals surface area contributed by atoms with Crippen LogP contribution < -0.4 is 0 Å². The molecule has 19 heavy (non-hydrogen) atoms. The summed E-state index contributed by atoms with van der Waals surface area (Å²) < 4.78 is 2.36. The number of nitrogens with zero attached hydrogens (tertiary/aromatic N) is 3. The fourth-order valence-electron chi connectivity index (χ4n) is 3.17. The summed E-state index contributed by atoms with van der Waals surface area (Å²) in [6.07, 6.45) is 4.59. The number of rotatable bonds is 3. The summed E-state index contributed by atoms with van der Waals surface area (Å²) >= 11 is 5.93. The molecule has 1 aliphatic rings. The van der Waals surface area contributed by atoms with Gasteiger partial charge in [0.1, 0.15) is 11.3 Å². The quantitative estimate of drug-likeness (QED) is 0.797. The largest absolute Gasteiger partial charge is 0.310 e. The molecule has 4 heteroatoms. The van der Waals surface area contributed by atoms with Crippen molar-refractivity contribution < 1.29 is 0 Å². The lowest BCUT2D eigenvalue weighted by Crippen LogP contribution is -2.11. The summed E-state index contributed by atoms with van der Waals surface area (Å²) in [6, 6.07) is 4.65. The zero-order valence-corrected chi connectivity index (χ0v) is 12.3. The number of hydrogen-bond acceptors (Lipinski definition) is 2. The molecule has 3 rings (SSSR count). The molecule has 2 atom stereocenters. The van der Waals surface area contributed by atoms with Crippen LogP contribution in [0.25, 0.3) is 11.2 Å². The van der Waals surface area contributed by atoms with Crippen molar-refractivity contribution in [3.05, 3.63) is 23.7 Å². The maximum Gasteiger partial charge on any atom is 0.160 e. The Morgan fingerprint density at radius 2 is 2.16 bits per heavy atom. The summed E-state index contributed by atoms with van der Waals surface area (Å²) in [5, 5.41) is 0. The van der Waals surface area contributed by atoms with E-state index in [-0.39, 0.29) is 0 Å². The van der Waals surface area contributed by atoms with E-state index in [0.717, 1.165) is 35.0 Å². The SMILES string of the molecule is Cc1ccc2nc(CCCl)n(C3CCC(C)C3)c2n1. The van der Waals surface area contributed by atoms with Gasteiger partial charge in [-0.05, 0) is 44.2 Å². The topological polar surface area (TPSA) is 30.7 Å². The van der Waals surface area contributed by atoms with Crippen LogP contribution in [0.1, 0.15) is 43.7 Å². The van der Waals surface area contributed by atoms with Crippen LogP contribution in [0.2, 0.25) is 0 Å². The number of halogens is 1. The zero-order valence-electron chi connectivity index (χ0n) is 11.6. The van der Waals surface area contributed by atoms with E-state index in [1.54, 1.807) is 0 Å². The van der Waals surface area contributed by atoms with Gasteiger partial charge in [-0.25, -0.2) is 9.97 Å². The van der Waals surface area contributed by atoms with Crippen LogP contribution in [-0.2, 0) is 6.42 Å². The van der Waals surface area contributed by atoms with E-state index in [2.05, 4.69) is 17.6 Å². The lowest BCUT2D eigenvalue weighted by atomic mass is 10.1. The molecule has 0 bridgehead atoms. The molecule has 2 heterocycles. The summed E-state index contributed by atoms with van der Waals surface area (Å²) in [6.45, 7) is 4.37. The zero-order chi connectivity index (χ0) is 13.4. The third kappa shape index (κ3) is 2.36. The van der Waals surface area contributed by atoms with E-state index in [1.165, 1.54) is 19.3 Å². The fourth-order valence-corrected chi connectivity index (χ4v) is 3.34. The van der Waals surface area contributed by atoms with Crippen molar-refractivity contribution in [2.45, 2.75) is 45.6 Å². The number of aryl methyl sites for hydroxylation is 2. The van der Waals surface area contributed by atoms with Gasteiger partial charge in [0.25, 0.3) is 0 Å². The van der Waals surface area contributed by atoms with E-state index in [9.17, 15) is 0 Å². The summed E-state index contributed by atoms with van der Waals surface area (Å²) in [7, 11) is 0. The number of alkyl halides is 1. The summed E-state index contributed by atoms with van der Waals surface area (Å²) in [4.78, 5) is 9.43. The van der Waals surface area contributed by atoms with Crippen molar-refractivity contribution in [2.24, 2.45) is 5.92 Å². The molecule has 0 aromatic carbocycles. The standard InChI is InChI=1S/C15H20ClN3/c1-10-3-5-12(9-10)19-14(7-8-16)18-13-6-4-11(2)17-15(13)19/h4,6,10,12H,3,5,7-9H2,1-2H3. The highest BCUT2D eigenvalue weighted by atomic mass is 35.5. The molecule has 0 aliphatic heterocycles. The molecular weight excluding hydrogens is 258 g/mol. The Morgan fingerprint density at radius 3 is 2.84 bits per heavy atom.